The van der Waals surface area contributed by atoms with E-state index in [0.29, 0.717) is 0 Å². The molecule has 2 aromatic rings. The van der Waals surface area contributed by atoms with Gasteiger partial charge in [-0.25, -0.2) is 4.39 Å². The van der Waals surface area contributed by atoms with Crippen molar-refractivity contribution in [3.05, 3.63) is 56.5 Å². The van der Waals surface area contributed by atoms with Crippen LogP contribution >= 0.6 is 11.3 Å². The molecule has 0 bridgehead atoms. The minimum atomic E-state index is -4.48. The number of aryl methyl sites for hydroxylation is 2. The first-order valence-electron chi connectivity index (χ1n) is 6.35. The van der Waals surface area contributed by atoms with Gasteiger partial charge in [-0.05, 0) is 50.7 Å². The second-order valence-corrected chi connectivity index (χ2v) is 6.15. The van der Waals surface area contributed by atoms with Crippen LogP contribution in [0.5, 0.6) is 0 Å². The molecule has 0 aliphatic heterocycles. The molecule has 1 atom stereocenters. The molecule has 0 amide bonds. The van der Waals surface area contributed by atoms with Gasteiger partial charge in [0.25, 0.3) is 0 Å². The zero-order chi connectivity index (χ0) is 15.8. The predicted molar refractivity (Wildman–Crippen MR) is 76.1 cm³/mol. The van der Waals surface area contributed by atoms with Crippen molar-refractivity contribution in [1.82, 2.24) is 5.32 Å². The molecule has 0 aliphatic carbocycles. The third-order valence-electron chi connectivity index (χ3n) is 3.26. The molecule has 0 saturated carbocycles. The number of nitrogens with one attached hydrogen (secondary N) is 1. The molecule has 1 aromatic heterocycles. The lowest BCUT2D eigenvalue weighted by Gasteiger charge is -2.19. The summed E-state index contributed by atoms with van der Waals surface area (Å²) in [6, 6.07) is 3.86. The Kier molecular flexibility index (Phi) is 4.39. The molecule has 21 heavy (non-hydrogen) atoms. The predicted octanol–water partition coefficient (Wildman–Crippen LogP) is 4.83. The van der Waals surface area contributed by atoms with Crippen molar-refractivity contribution in [3.8, 4) is 0 Å². The number of benzene rings is 1. The van der Waals surface area contributed by atoms with E-state index in [2.05, 4.69) is 5.32 Å². The number of rotatable bonds is 3. The molecule has 1 aromatic carbocycles. The maximum atomic E-state index is 14.0. The fourth-order valence-electron chi connectivity index (χ4n) is 2.32. The van der Waals surface area contributed by atoms with Crippen molar-refractivity contribution in [3.63, 3.8) is 0 Å². The van der Waals surface area contributed by atoms with Gasteiger partial charge in [-0.3, -0.25) is 0 Å². The third-order valence-corrected chi connectivity index (χ3v) is 4.48. The minimum Gasteiger partial charge on any atom is -0.309 e. The van der Waals surface area contributed by atoms with E-state index in [4.69, 9.17) is 0 Å². The summed E-state index contributed by atoms with van der Waals surface area (Å²) in [7, 11) is 1.61. The molecule has 0 radical (unpaired) electrons. The maximum absolute atomic E-state index is 14.0. The van der Waals surface area contributed by atoms with E-state index >= 15 is 0 Å². The van der Waals surface area contributed by atoms with Crippen LogP contribution < -0.4 is 5.32 Å². The van der Waals surface area contributed by atoms with Crippen LogP contribution in [0.2, 0.25) is 0 Å². The van der Waals surface area contributed by atoms with Crippen LogP contribution in [0.15, 0.2) is 24.3 Å². The van der Waals surface area contributed by atoms with Gasteiger partial charge in [-0.15, -0.1) is 11.3 Å². The highest BCUT2D eigenvalue weighted by Gasteiger charge is 2.32. The SMILES string of the molecule is CNC(c1cc(C(F)(F)F)ccc1F)c1sc(C)cc1C. The average Bonchev–Trinajstić information content (AvgIpc) is 2.70. The highest BCUT2D eigenvalue weighted by atomic mass is 32.1. The van der Waals surface area contributed by atoms with E-state index in [9.17, 15) is 17.6 Å². The molecular formula is C15H15F4NS. The van der Waals surface area contributed by atoms with Gasteiger partial charge in [0.1, 0.15) is 5.82 Å². The van der Waals surface area contributed by atoms with Crippen LogP contribution in [-0.2, 0) is 6.18 Å². The summed E-state index contributed by atoms with van der Waals surface area (Å²) in [5, 5.41) is 2.91. The Bertz CT molecular complexity index is 646. The molecule has 2 rings (SSSR count). The Morgan fingerprint density at radius 3 is 2.29 bits per heavy atom. The summed E-state index contributed by atoms with van der Waals surface area (Å²) in [4.78, 5) is 1.86. The summed E-state index contributed by atoms with van der Waals surface area (Å²) in [6.45, 7) is 3.78. The quantitative estimate of drug-likeness (QED) is 0.799. The first-order valence-corrected chi connectivity index (χ1v) is 7.16. The van der Waals surface area contributed by atoms with Crippen LogP contribution in [0.4, 0.5) is 17.6 Å². The number of halogens is 4. The molecule has 1 heterocycles. The van der Waals surface area contributed by atoms with E-state index in [1.54, 1.807) is 7.05 Å². The fourth-order valence-corrected chi connectivity index (χ4v) is 3.48. The van der Waals surface area contributed by atoms with E-state index in [0.717, 1.165) is 33.5 Å². The van der Waals surface area contributed by atoms with Crippen LogP contribution in [-0.4, -0.2) is 7.05 Å². The number of hydrogen-bond donors (Lipinski definition) is 1. The van der Waals surface area contributed by atoms with Gasteiger partial charge in [0.15, 0.2) is 0 Å². The van der Waals surface area contributed by atoms with Gasteiger partial charge < -0.3 is 5.32 Å². The summed E-state index contributed by atoms with van der Waals surface area (Å²) in [6.07, 6.45) is -4.48. The second-order valence-electron chi connectivity index (χ2n) is 4.86. The van der Waals surface area contributed by atoms with Gasteiger partial charge >= 0.3 is 6.18 Å². The van der Waals surface area contributed by atoms with Crippen LogP contribution in [0.3, 0.4) is 0 Å². The number of hydrogen-bond acceptors (Lipinski definition) is 2. The molecule has 0 fully saturated rings. The zero-order valence-corrected chi connectivity index (χ0v) is 12.6. The van der Waals surface area contributed by atoms with Crippen molar-refractivity contribution in [1.29, 1.82) is 0 Å². The highest BCUT2D eigenvalue weighted by molar-refractivity contribution is 7.12. The van der Waals surface area contributed by atoms with E-state index in [1.165, 1.54) is 11.3 Å². The zero-order valence-electron chi connectivity index (χ0n) is 11.8. The van der Waals surface area contributed by atoms with Crippen molar-refractivity contribution >= 4 is 11.3 Å². The first kappa shape index (κ1) is 16.0. The third kappa shape index (κ3) is 3.27. The lowest BCUT2D eigenvalue weighted by atomic mass is 10.00. The Labute approximate surface area is 124 Å². The Hall–Kier alpha value is -1.40. The van der Waals surface area contributed by atoms with Crippen molar-refractivity contribution < 1.29 is 17.6 Å². The summed E-state index contributed by atoms with van der Waals surface area (Å²) < 4.78 is 52.5. The van der Waals surface area contributed by atoms with E-state index in [1.807, 2.05) is 19.9 Å². The lowest BCUT2D eigenvalue weighted by molar-refractivity contribution is -0.137. The Morgan fingerprint density at radius 1 is 1.14 bits per heavy atom. The van der Waals surface area contributed by atoms with Crippen molar-refractivity contribution in [2.45, 2.75) is 26.1 Å². The molecule has 1 N–H and O–H groups in total. The van der Waals surface area contributed by atoms with Crippen LogP contribution in [0.1, 0.15) is 32.5 Å². The summed E-state index contributed by atoms with van der Waals surface area (Å²) in [5.41, 5.74) is 0.107. The van der Waals surface area contributed by atoms with Crippen molar-refractivity contribution in [2.75, 3.05) is 7.05 Å². The normalized spacial score (nSPS) is 13.5. The topological polar surface area (TPSA) is 12.0 Å². The average molecular weight is 317 g/mol. The standard InChI is InChI=1S/C15H15F4NS/c1-8-6-9(2)21-14(8)13(20-3)11-7-10(15(17,18)19)4-5-12(11)16/h4-7,13,20H,1-3H3. The molecule has 6 heteroatoms. The summed E-state index contributed by atoms with van der Waals surface area (Å²) >= 11 is 1.45. The Morgan fingerprint density at radius 2 is 1.81 bits per heavy atom. The molecule has 0 saturated heterocycles. The highest BCUT2D eigenvalue weighted by Crippen LogP contribution is 2.36. The van der Waals surface area contributed by atoms with Gasteiger partial charge in [-0.1, -0.05) is 0 Å². The lowest BCUT2D eigenvalue weighted by Crippen LogP contribution is -2.19. The van der Waals surface area contributed by atoms with E-state index < -0.39 is 23.6 Å². The molecule has 1 nitrogen and oxygen atoms in total. The van der Waals surface area contributed by atoms with E-state index in [-0.39, 0.29) is 5.56 Å². The van der Waals surface area contributed by atoms with Crippen LogP contribution in [0.25, 0.3) is 0 Å². The first-order chi connectivity index (χ1) is 9.74. The smallest absolute Gasteiger partial charge is 0.309 e. The van der Waals surface area contributed by atoms with Gasteiger partial charge in [0, 0.05) is 15.3 Å². The monoisotopic (exact) mass is 317 g/mol. The van der Waals surface area contributed by atoms with Gasteiger partial charge in [0.05, 0.1) is 11.6 Å². The number of alkyl halides is 3. The van der Waals surface area contributed by atoms with Gasteiger partial charge in [-0.2, -0.15) is 13.2 Å². The molecule has 0 aliphatic rings. The summed E-state index contributed by atoms with van der Waals surface area (Å²) in [5.74, 6) is -0.646. The largest absolute Gasteiger partial charge is 0.416 e. The van der Waals surface area contributed by atoms with Crippen molar-refractivity contribution in [2.24, 2.45) is 0 Å². The number of thiophene rings is 1. The maximum Gasteiger partial charge on any atom is 0.416 e. The molecule has 1 unspecified atom stereocenters. The van der Waals surface area contributed by atoms with Gasteiger partial charge in [0.2, 0.25) is 0 Å². The van der Waals surface area contributed by atoms with Crippen LogP contribution in [0, 0.1) is 19.7 Å². The molecule has 114 valence electrons. The Balaban J connectivity index is 2.54. The molecule has 0 spiro atoms. The molecular weight excluding hydrogens is 302 g/mol. The fraction of sp³-hybridized carbons (Fsp3) is 0.333. The minimum absolute atomic E-state index is 0.0114. The second kappa shape index (κ2) is 5.77.